The number of aliphatic carboxylic acids is 1. The molecule has 0 bridgehead atoms. The summed E-state index contributed by atoms with van der Waals surface area (Å²) >= 11 is 0. The monoisotopic (exact) mass is 238 g/mol. The van der Waals surface area contributed by atoms with Gasteiger partial charge >= 0.3 is 5.97 Å². The number of hydrogen-bond donors (Lipinski definition) is 2. The highest BCUT2D eigenvalue weighted by Gasteiger charge is 2.06. The van der Waals surface area contributed by atoms with Crippen LogP contribution in [0.3, 0.4) is 0 Å². The van der Waals surface area contributed by atoms with Crippen molar-refractivity contribution in [1.82, 2.24) is 0 Å². The average Bonchev–Trinajstić information content (AvgIpc) is 2.26. The van der Waals surface area contributed by atoms with E-state index in [4.69, 9.17) is 5.11 Å². The van der Waals surface area contributed by atoms with E-state index < -0.39 is 12.1 Å². The van der Waals surface area contributed by atoms with Gasteiger partial charge in [-0.15, -0.1) is 0 Å². The van der Waals surface area contributed by atoms with E-state index in [1.54, 1.807) is 0 Å². The van der Waals surface area contributed by atoms with Gasteiger partial charge in [0.2, 0.25) is 0 Å². The number of carbonyl (C=O) groups is 1. The second-order valence-electron chi connectivity index (χ2n) is 3.78. The number of carboxylic acids is 1. The van der Waals surface area contributed by atoms with Gasteiger partial charge in [0.05, 0.1) is 12.5 Å². The van der Waals surface area contributed by atoms with Crippen molar-refractivity contribution in [1.29, 1.82) is 0 Å². The molecule has 0 aliphatic carbocycles. The van der Waals surface area contributed by atoms with Crippen LogP contribution in [0.4, 0.5) is 0 Å². The summed E-state index contributed by atoms with van der Waals surface area (Å²) in [6.45, 7) is 2.10. The topological polar surface area (TPSA) is 57.5 Å². The highest BCUT2D eigenvalue weighted by molar-refractivity contribution is 5.67. The minimum atomic E-state index is -0.964. The first-order valence-corrected chi connectivity index (χ1v) is 6.01. The average molecular weight is 238 g/mol. The van der Waals surface area contributed by atoms with Crippen molar-refractivity contribution in [3.63, 3.8) is 0 Å². The van der Waals surface area contributed by atoms with Crippen molar-refractivity contribution in [3.05, 3.63) is 36.5 Å². The predicted molar refractivity (Wildman–Crippen MR) is 69.8 cm³/mol. The van der Waals surface area contributed by atoms with Crippen LogP contribution in [0.25, 0.3) is 0 Å². The normalized spacial score (nSPS) is 14.0. The third-order valence-corrected chi connectivity index (χ3v) is 2.10. The summed E-state index contributed by atoms with van der Waals surface area (Å²) in [4.78, 5) is 10.3. The zero-order valence-electron chi connectivity index (χ0n) is 10.4. The van der Waals surface area contributed by atoms with Gasteiger partial charge in [0.15, 0.2) is 0 Å². The molecular formula is C14H22O3. The molecule has 0 fully saturated rings. The van der Waals surface area contributed by atoms with E-state index in [1.165, 1.54) is 0 Å². The summed E-state index contributed by atoms with van der Waals surface area (Å²) in [7, 11) is 0. The van der Waals surface area contributed by atoms with Crippen LogP contribution in [-0.4, -0.2) is 22.3 Å². The van der Waals surface area contributed by atoms with Crippen LogP contribution in [0.5, 0.6) is 0 Å². The summed E-state index contributed by atoms with van der Waals surface area (Å²) in [6, 6.07) is 0. The molecule has 3 heteroatoms. The van der Waals surface area contributed by atoms with Gasteiger partial charge in [0.1, 0.15) is 0 Å². The Balaban J connectivity index is 3.53. The Labute approximate surface area is 103 Å². The molecule has 17 heavy (non-hydrogen) atoms. The number of carboxylic acid groups (broad SMARTS) is 1. The van der Waals surface area contributed by atoms with Crippen molar-refractivity contribution >= 4 is 5.97 Å². The number of hydrogen-bond acceptors (Lipinski definition) is 2. The minimum Gasteiger partial charge on any atom is -0.481 e. The van der Waals surface area contributed by atoms with Crippen molar-refractivity contribution in [3.8, 4) is 0 Å². The molecule has 3 nitrogen and oxygen atoms in total. The van der Waals surface area contributed by atoms with Crippen molar-refractivity contribution in [2.75, 3.05) is 0 Å². The van der Waals surface area contributed by atoms with Crippen LogP contribution >= 0.6 is 0 Å². The lowest BCUT2D eigenvalue weighted by Crippen LogP contribution is -2.11. The van der Waals surface area contributed by atoms with Gasteiger partial charge in [-0.3, -0.25) is 4.79 Å². The van der Waals surface area contributed by atoms with Crippen LogP contribution in [0.2, 0.25) is 0 Å². The lowest BCUT2D eigenvalue weighted by atomic mass is 10.1. The Morgan fingerprint density at radius 3 is 2.12 bits per heavy atom. The maximum atomic E-state index is 10.3. The Morgan fingerprint density at radius 2 is 1.59 bits per heavy atom. The molecule has 0 heterocycles. The maximum absolute atomic E-state index is 10.3. The van der Waals surface area contributed by atoms with E-state index in [0.29, 0.717) is 6.42 Å². The first kappa shape index (κ1) is 15.7. The summed E-state index contributed by atoms with van der Waals surface area (Å²) in [6.07, 6.45) is 14.4. The fourth-order valence-corrected chi connectivity index (χ4v) is 1.25. The number of rotatable bonds is 9. The molecule has 96 valence electrons. The standard InChI is InChI=1S/C14H22O3/c1-2-3-4-5-6-7-8-9-10-11-13(15)12-14(16)17/h3-4,6-7,9-10,13,15H,2,5,8,11-12H2,1H3,(H,16,17)/b4-3+,7-6+,10-9+. The van der Waals surface area contributed by atoms with Gasteiger partial charge in [-0.1, -0.05) is 43.4 Å². The fourth-order valence-electron chi connectivity index (χ4n) is 1.25. The minimum absolute atomic E-state index is 0.192. The van der Waals surface area contributed by atoms with Crippen LogP contribution in [0.15, 0.2) is 36.5 Å². The molecule has 0 spiro atoms. The lowest BCUT2D eigenvalue weighted by Gasteiger charge is -2.02. The molecule has 2 N–H and O–H groups in total. The molecule has 0 aromatic carbocycles. The molecule has 1 atom stereocenters. The van der Waals surface area contributed by atoms with Gasteiger partial charge in [0.25, 0.3) is 0 Å². The molecule has 0 aliphatic heterocycles. The molecule has 0 radical (unpaired) electrons. The van der Waals surface area contributed by atoms with E-state index in [1.807, 2.05) is 12.2 Å². The molecule has 0 rings (SSSR count). The van der Waals surface area contributed by atoms with Gasteiger partial charge in [-0.25, -0.2) is 0 Å². The Bertz CT molecular complexity index is 277. The number of allylic oxidation sites excluding steroid dienone is 5. The molecule has 0 aromatic heterocycles. The summed E-state index contributed by atoms with van der Waals surface area (Å²) < 4.78 is 0. The second kappa shape index (κ2) is 11.1. The quantitative estimate of drug-likeness (QED) is 0.607. The SMILES string of the molecule is CC/C=C/C/C=C/C/C=C/CC(O)CC(=O)O. The highest BCUT2D eigenvalue weighted by Crippen LogP contribution is 2.00. The third-order valence-electron chi connectivity index (χ3n) is 2.10. The summed E-state index contributed by atoms with van der Waals surface area (Å²) in [5, 5.41) is 17.7. The van der Waals surface area contributed by atoms with Gasteiger partial charge < -0.3 is 10.2 Å². The third kappa shape index (κ3) is 12.6. The van der Waals surface area contributed by atoms with Gasteiger partial charge in [0, 0.05) is 0 Å². The molecule has 0 amide bonds. The van der Waals surface area contributed by atoms with Crippen LogP contribution < -0.4 is 0 Å². The van der Waals surface area contributed by atoms with Crippen LogP contribution in [0.1, 0.15) is 39.0 Å². The van der Waals surface area contributed by atoms with E-state index >= 15 is 0 Å². The Kier molecular flexibility index (Phi) is 10.3. The van der Waals surface area contributed by atoms with E-state index in [-0.39, 0.29) is 6.42 Å². The summed E-state index contributed by atoms with van der Waals surface area (Å²) in [5.74, 6) is -0.964. The van der Waals surface area contributed by atoms with E-state index in [9.17, 15) is 9.90 Å². The molecular weight excluding hydrogens is 216 g/mol. The van der Waals surface area contributed by atoms with Crippen LogP contribution in [-0.2, 0) is 4.79 Å². The smallest absolute Gasteiger partial charge is 0.305 e. The van der Waals surface area contributed by atoms with Gasteiger partial charge in [-0.2, -0.15) is 0 Å². The zero-order chi connectivity index (χ0) is 12.9. The number of aliphatic hydroxyl groups excluding tert-OH is 1. The Hall–Kier alpha value is -1.35. The largest absolute Gasteiger partial charge is 0.481 e. The Morgan fingerprint density at radius 1 is 1.06 bits per heavy atom. The second-order valence-corrected chi connectivity index (χ2v) is 3.78. The molecule has 0 saturated carbocycles. The van der Waals surface area contributed by atoms with E-state index in [2.05, 4.69) is 31.2 Å². The predicted octanol–water partition coefficient (Wildman–Crippen LogP) is 3.07. The lowest BCUT2D eigenvalue weighted by molar-refractivity contribution is -0.139. The highest BCUT2D eigenvalue weighted by atomic mass is 16.4. The molecule has 0 aliphatic rings. The van der Waals surface area contributed by atoms with Gasteiger partial charge in [-0.05, 0) is 25.7 Å². The first-order valence-electron chi connectivity index (χ1n) is 6.01. The van der Waals surface area contributed by atoms with Crippen LogP contribution in [0, 0.1) is 0 Å². The molecule has 1 unspecified atom stereocenters. The molecule has 0 aromatic rings. The van der Waals surface area contributed by atoms with Crippen molar-refractivity contribution < 1.29 is 15.0 Å². The van der Waals surface area contributed by atoms with Crippen molar-refractivity contribution in [2.24, 2.45) is 0 Å². The van der Waals surface area contributed by atoms with Crippen molar-refractivity contribution in [2.45, 2.75) is 45.1 Å². The number of aliphatic hydroxyl groups is 1. The summed E-state index contributed by atoms with van der Waals surface area (Å²) in [5.41, 5.74) is 0. The maximum Gasteiger partial charge on any atom is 0.305 e. The first-order chi connectivity index (χ1) is 8.16. The fraction of sp³-hybridized carbons (Fsp3) is 0.500. The molecule has 0 saturated heterocycles. The zero-order valence-corrected chi connectivity index (χ0v) is 10.4. The van der Waals surface area contributed by atoms with E-state index in [0.717, 1.165) is 19.3 Å².